The first-order chi connectivity index (χ1) is 13.1. The zero-order chi connectivity index (χ0) is 19.0. The van der Waals surface area contributed by atoms with Crippen LogP contribution in [-0.4, -0.2) is 74.1 Å². The number of nitrogens with one attached hydrogen (secondary N) is 1. The maximum absolute atomic E-state index is 13.0. The third kappa shape index (κ3) is 3.31. The second-order valence-corrected chi connectivity index (χ2v) is 7.50. The number of hydrogen-bond acceptors (Lipinski definition) is 5. The number of imidazole rings is 1. The fourth-order valence-electron chi connectivity index (χ4n) is 4.35. The maximum Gasteiger partial charge on any atom is 0.330 e. The Morgan fingerprint density at radius 2 is 2.07 bits per heavy atom. The SMILES string of the molecule is O=C(O)C(Cc1ncc2n1C(=O)N(C1CCNCC1)C2)N1CCCCC1=O. The normalized spacial score (nSPS) is 22.2. The summed E-state index contributed by atoms with van der Waals surface area (Å²) >= 11 is 0. The van der Waals surface area contributed by atoms with E-state index in [1.54, 1.807) is 10.8 Å². The van der Waals surface area contributed by atoms with Gasteiger partial charge in [0.15, 0.2) is 0 Å². The van der Waals surface area contributed by atoms with Gasteiger partial charge in [0.05, 0.1) is 18.4 Å². The number of carbonyl (C=O) groups excluding carboxylic acids is 2. The van der Waals surface area contributed by atoms with E-state index < -0.39 is 12.0 Å². The van der Waals surface area contributed by atoms with Gasteiger partial charge in [0, 0.05) is 25.4 Å². The number of nitrogens with zero attached hydrogens (tertiary/aromatic N) is 4. The second kappa shape index (κ2) is 7.30. The summed E-state index contributed by atoms with van der Waals surface area (Å²) in [4.78, 5) is 44.6. The lowest BCUT2D eigenvalue weighted by atomic mass is 10.0. The van der Waals surface area contributed by atoms with Gasteiger partial charge in [0.1, 0.15) is 11.9 Å². The van der Waals surface area contributed by atoms with Gasteiger partial charge in [-0.1, -0.05) is 0 Å². The van der Waals surface area contributed by atoms with E-state index in [1.807, 2.05) is 4.90 Å². The van der Waals surface area contributed by atoms with Crippen LogP contribution < -0.4 is 5.32 Å². The Morgan fingerprint density at radius 3 is 2.78 bits per heavy atom. The van der Waals surface area contributed by atoms with Crippen molar-refractivity contribution in [3.05, 3.63) is 17.7 Å². The van der Waals surface area contributed by atoms with E-state index in [1.165, 1.54) is 4.90 Å². The van der Waals surface area contributed by atoms with Crippen molar-refractivity contribution in [1.29, 1.82) is 0 Å². The van der Waals surface area contributed by atoms with Crippen LogP contribution in [0.2, 0.25) is 0 Å². The molecule has 3 aliphatic rings. The first-order valence-electron chi connectivity index (χ1n) is 9.65. The Hall–Kier alpha value is -2.42. The Balaban J connectivity index is 1.54. The van der Waals surface area contributed by atoms with E-state index in [0.717, 1.165) is 44.5 Å². The average molecular weight is 375 g/mol. The molecule has 2 saturated heterocycles. The summed E-state index contributed by atoms with van der Waals surface area (Å²) in [6, 6.07) is -0.908. The Bertz CT molecular complexity index is 755. The zero-order valence-electron chi connectivity index (χ0n) is 15.3. The number of aromatic nitrogens is 2. The van der Waals surface area contributed by atoms with Crippen molar-refractivity contribution in [3.8, 4) is 0 Å². The topological polar surface area (TPSA) is 108 Å². The van der Waals surface area contributed by atoms with E-state index in [2.05, 4.69) is 10.3 Å². The van der Waals surface area contributed by atoms with Crippen LogP contribution in [0.1, 0.15) is 43.6 Å². The molecule has 0 bridgehead atoms. The molecule has 0 aliphatic carbocycles. The van der Waals surface area contributed by atoms with Crippen LogP contribution in [0.5, 0.6) is 0 Å². The summed E-state index contributed by atoms with van der Waals surface area (Å²) in [6.07, 6.45) is 5.52. The van der Waals surface area contributed by atoms with Crippen molar-refractivity contribution < 1.29 is 19.5 Å². The number of likely N-dealkylation sites (tertiary alicyclic amines) is 1. The number of piperidine rings is 2. The molecule has 4 rings (SSSR count). The van der Waals surface area contributed by atoms with E-state index in [0.29, 0.717) is 25.3 Å². The molecule has 146 valence electrons. The Kier molecular flexibility index (Phi) is 4.86. The lowest BCUT2D eigenvalue weighted by Crippen LogP contribution is -2.49. The van der Waals surface area contributed by atoms with Gasteiger partial charge in [-0.05, 0) is 38.8 Å². The first-order valence-corrected chi connectivity index (χ1v) is 9.65. The van der Waals surface area contributed by atoms with E-state index in [4.69, 9.17) is 0 Å². The molecular formula is C18H25N5O4. The minimum Gasteiger partial charge on any atom is -0.480 e. The van der Waals surface area contributed by atoms with Crippen LogP contribution in [0.3, 0.4) is 0 Å². The van der Waals surface area contributed by atoms with Crippen molar-refractivity contribution >= 4 is 17.9 Å². The highest BCUT2D eigenvalue weighted by atomic mass is 16.4. The average Bonchev–Trinajstić information content (AvgIpc) is 3.21. The fraction of sp³-hybridized carbons (Fsp3) is 0.667. The van der Waals surface area contributed by atoms with E-state index >= 15 is 0 Å². The maximum atomic E-state index is 13.0. The van der Waals surface area contributed by atoms with Crippen LogP contribution in [-0.2, 0) is 22.6 Å². The zero-order valence-corrected chi connectivity index (χ0v) is 15.3. The molecule has 9 heteroatoms. The van der Waals surface area contributed by atoms with Crippen LogP contribution in [0.25, 0.3) is 0 Å². The van der Waals surface area contributed by atoms with E-state index in [-0.39, 0.29) is 24.4 Å². The van der Waals surface area contributed by atoms with Crippen molar-refractivity contribution in [1.82, 2.24) is 24.7 Å². The summed E-state index contributed by atoms with van der Waals surface area (Å²) in [7, 11) is 0. The van der Waals surface area contributed by atoms with Gasteiger partial charge in [0.25, 0.3) is 0 Å². The molecule has 1 unspecified atom stereocenters. The largest absolute Gasteiger partial charge is 0.480 e. The predicted molar refractivity (Wildman–Crippen MR) is 95.1 cm³/mol. The Morgan fingerprint density at radius 1 is 1.30 bits per heavy atom. The van der Waals surface area contributed by atoms with Crippen molar-refractivity contribution in [2.45, 2.75) is 57.2 Å². The van der Waals surface area contributed by atoms with Gasteiger partial charge in [0.2, 0.25) is 5.91 Å². The summed E-state index contributed by atoms with van der Waals surface area (Å²) in [5, 5.41) is 13.0. The highest BCUT2D eigenvalue weighted by Crippen LogP contribution is 2.26. The lowest BCUT2D eigenvalue weighted by Gasteiger charge is -2.32. The molecule has 4 heterocycles. The molecule has 1 atom stereocenters. The third-order valence-electron chi connectivity index (χ3n) is 5.82. The highest BCUT2D eigenvalue weighted by Gasteiger charge is 2.38. The van der Waals surface area contributed by atoms with Crippen LogP contribution in [0.15, 0.2) is 6.20 Å². The van der Waals surface area contributed by atoms with Crippen molar-refractivity contribution in [2.75, 3.05) is 19.6 Å². The molecule has 27 heavy (non-hydrogen) atoms. The molecule has 9 nitrogen and oxygen atoms in total. The number of rotatable bonds is 5. The number of amides is 2. The molecule has 0 radical (unpaired) electrons. The number of hydrogen-bond donors (Lipinski definition) is 2. The first kappa shape index (κ1) is 18.0. The molecule has 0 saturated carbocycles. The van der Waals surface area contributed by atoms with Gasteiger partial charge in [-0.25, -0.2) is 14.6 Å². The second-order valence-electron chi connectivity index (χ2n) is 7.50. The molecule has 3 aliphatic heterocycles. The quantitative estimate of drug-likeness (QED) is 0.773. The molecule has 2 amide bonds. The number of aliphatic carboxylic acids is 1. The van der Waals surface area contributed by atoms with Gasteiger partial charge < -0.3 is 20.2 Å². The molecular weight excluding hydrogens is 350 g/mol. The molecule has 1 aromatic rings. The predicted octanol–water partition coefficient (Wildman–Crippen LogP) is 0.427. The van der Waals surface area contributed by atoms with Crippen LogP contribution in [0.4, 0.5) is 4.79 Å². The Labute approximate surface area is 157 Å². The minimum atomic E-state index is -1.05. The summed E-state index contributed by atoms with van der Waals surface area (Å²) in [5.74, 6) is -0.759. The minimum absolute atomic E-state index is 0.0485. The number of carboxylic acids is 1. The van der Waals surface area contributed by atoms with E-state index in [9.17, 15) is 19.5 Å². The molecule has 1 aromatic heterocycles. The standard InChI is InChI=1S/C18H25N5O4/c24-16-3-1-2-8-21(16)14(17(25)26)9-15-20-10-13-11-22(18(27)23(13)15)12-4-6-19-7-5-12/h10,12,14,19H,1-9,11H2,(H,25,26). The highest BCUT2D eigenvalue weighted by molar-refractivity contribution is 5.85. The van der Waals surface area contributed by atoms with Gasteiger partial charge >= 0.3 is 12.0 Å². The third-order valence-corrected chi connectivity index (χ3v) is 5.82. The monoisotopic (exact) mass is 375 g/mol. The number of fused-ring (bicyclic) bond motifs is 1. The van der Waals surface area contributed by atoms with Crippen molar-refractivity contribution in [3.63, 3.8) is 0 Å². The molecule has 0 spiro atoms. The lowest BCUT2D eigenvalue weighted by molar-refractivity contribution is -0.151. The van der Waals surface area contributed by atoms with Crippen molar-refractivity contribution in [2.24, 2.45) is 0 Å². The number of carbonyl (C=O) groups is 3. The van der Waals surface area contributed by atoms with Gasteiger partial charge in [-0.15, -0.1) is 0 Å². The fourth-order valence-corrected chi connectivity index (χ4v) is 4.35. The van der Waals surface area contributed by atoms with Gasteiger partial charge in [-0.2, -0.15) is 0 Å². The van der Waals surface area contributed by atoms with Crippen LogP contribution in [0, 0.1) is 0 Å². The molecule has 2 N–H and O–H groups in total. The summed E-state index contributed by atoms with van der Waals surface area (Å²) in [5.41, 5.74) is 0.794. The summed E-state index contributed by atoms with van der Waals surface area (Å²) < 4.78 is 1.55. The smallest absolute Gasteiger partial charge is 0.330 e. The van der Waals surface area contributed by atoms with Gasteiger partial charge in [-0.3, -0.25) is 9.36 Å². The van der Waals surface area contributed by atoms with Crippen LogP contribution >= 0.6 is 0 Å². The molecule has 0 aromatic carbocycles. The molecule has 2 fully saturated rings. The summed E-state index contributed by atoms with van der Waals surface area (Å²) in [6.45, 7) is 2.74. The number of carboxylic acid groups (broad SMARTS) is 1.